The number of aryl methyl sites for hydroxylation is 2. The van der Waals surface area contributed by atoms with Crippen LogP contribution in [-0.2, 0) is 16.6 Å². The number of nitrogens with zero attached hydrogens (tertiary/aromatic N) is 3. The van der Waals surface area contributed by atoms with Gasteiger partial charge in [0.1, 0.15) is 5.82 Å². The van der Waals surface area contributed by atoms with E-state index < -0.39 is 0 Å². The van der Waals surface area contributed by atoms with Crippen molar-refractivity contribution in [2.24, 2.45) is 7.05 Å². The summed E-state index contributed by atoms with van der Waals surface area (Å²) in [4.78, 5) is 35.7. The summed E-state index contributed by atoms with van der Waals surface area (Å²) in [6.45, 7) is 2.58. The Morgan fingerprint density at radius 1 is 1.33 bits per heavy atom. The van der Waals surface area contributed by atoms with Crippen LogP contribution >= 0.6 is 0 Å². The summed E-state index contributed by atoms with van der Waals surface area (Å²) in [6, 6.07) is 1.43. The monoisotopic (exact) mass is 293 g/mol. The summed E-state index contributed by atoms with van der Waals surface area (Å²) >= 11 is 0. The Hall–Kier alpha value is -2.38. The quantitative estimate of drug-likeness (QED) is 0.606. The van der Waals surface area contributed by atoms with Crippen LogP contribution in [0.15, 0.2) is 6.07 Å². The van der Waals surface area contributed by atoms with E-state index in [0.29, 0.717) is 38.2 Å². The van der Waals surface area contributed by atoms with E-state index in [1.54, 1.807) is 17.8 Å². The van der Waals surface area contributed by atoms with Gasteiger partial charge in [-0.15, -0.1) is 0 Å². The van der Waals surface area contributed by atoms with Gasteiger partial charge in [0.2, 0.25) is 11.8 Å². The minimum Gasteiger partial charge on any atom is -0.338 e. The van der Waals surface area contributed by atoms with Gasteiger partial charge in [-0.3, -0.25) is 24.5 Å². The fraction of sp³-hybridized carbons (Fsp3) is 0.538. The molecule has 0 spiro atoms. The first-order valence-corrected chi connectivity index (χ1v) is 6.86. The van der Waals surface area contributed by atoms with Gasteiger partial charge < -0.3 is 5.32 Å². The van der Waals surface area contributed by atoms with Gasteiger partial charge in [0.25, 0.3) is 0 Å². The molecule has 1 aromatic heterocycles. The number of imide groups is 1. The normalized spacial score (nSPS) is 14.7. The van der Waals surface area contributed by atoms with Crippen LogP contribution in [0.2, 0.25) is 0 Å². The van der Waals surface area contributed by atoms with Crippen LogP contribution in [0.3, 0.4) is 0 Å². The molecule has 0 saturated carbocycles. The second kappa shape index (κ2) is 6.38. The number of carbonyl (C=O) groups excluding carboxylic acids is 3. The first kappa shape index (κ1) is 15.0. The number of nitrogens with one attached hydrogen (secondary N) is 2. The van der Waals surface area contributed by atoms with Gasteiger partial charge >= 0.3 is 6.03 Å². The molecule has 21 heavy (non-hydrogen) atoms. The summed E-state index contributed by atoms with van der Waals surface area (Å²) in [6.07, 6.45) is 1.13. The average Bonchev–Trinajstić information content (AvgIpc) is 2.89. The van der Waals surface area contributed by atoms with Crippen LogP contribution < -0.4 is 10.6 Å². The Labute approximate surface area is 122 Å². The van der Waals surface area contributed by atoms with Crippen molar-refractivity contribution < 1.29 is 14.4 Å². The maximum absolute atomic E-state index is 11.7. The van der Waals surface area contributed by atoms with Crippen LogP contribution in [0.1, 0.15) is 25.0 Å². The van der Waals surface area contributed by atoms with Crippen molar-refractivity contribution in [1.82, 2.24) is 20.0 Å². The Morgan fingerprint density at radius 3 is 2.57 bits per heavy atom. The van der Waals surface area contributed by atoms with E-state index in [0.717, 1.165) is 5.69 Å². The molecule has 4 amide bonds. The third-order valence-electron chi connectivity index (χ3n) is 3.24. The highest BCUT2D eigenvalue weighted by molar-refractivity contribution is 6.01. The third-order valence-corrected chi connectivity index (χ3v) is 3.24. The van der Waals surface area contributed by atoms with E-state index in [4.69, 9.17) is 0 Å². The molecule has 2 N–H and O–H groups in total. The largest absolute Gasteiger partial charge is 0.338 e. The molecule has 0 aliphatic carbocycles. The van der Waals surface area contributed by atoms with E-state index in [2.05, 4.69) is 15.7 Å². The van der Waals surface area contributed by atoms with Crippen molar-refractivity contribution >= 4 is 23.7 Å². The number of amides is 4. The number of hydrogen-bond acceptors (Lipinski definition) is 4. The zero-order chi connectivity index (χ0) is 15.4. The Bertz CT molecular complexity index is 550. The van der Waals surface area contributed by atoms with Gasteiger partial charge in [-0.25, -0.2) is 4.79 Å². The number of urea groups is 1. The maximum atomic E-state index is 11.7. The molecule has 0 unspecified atom stereocenters. The van der Waals surface area contributed by atoms with E-state index in [9.17, 15) is 14.4 Å². The van der Waals surface area contributed by atoms with Crippen LogP contribution in [0.4, 0.5) is 10.6 Å². The zero-order valence-electron chi connectivity index (χ0n) is 12.2. The van der Waals surface area contributed by atoms with Crippen molar-refractivity contribution in [3.63, 3.8) is 0 Å². The van der Waals surface area contributed by atoms with Crippen molar-refractivity contribution in [1.29, 1.82) is 0 Å². The molecule has 1 aromatic rings. The Morgan fingerprint density at radius 2 is 2.00 bits per heavy atom. The van der Waals surface area contributed by atoms with Crippen LogP contribution in [-0.4, -0.2) is 45.6 Å². The summed E-state index contributed by atoms with van der Waals surface area (Å²) in [7, 11) is 1.74. The summed E-state index contributed by atoms with van der Waals surface area (Å²) < 4.78 is 1.58. The first-order valence-electron chi connectivity index (χ1n) is 6.86. The summed E-state index contributed by atoms with van der Waals surface area (Å²) in [5.74, 6) is 0.347. The molecule has 1 aliphatic heterocycles. The summed E-state index contributed by atoms with van der Waals surface area (Å²) in [5.41, 5.74) is 0.818. The van der Waals surface area contributed by atoms with Gasteiger partial charge in [-0.2, -0.15) is 5.10 Å². The highest BCUT2D eigenvalue weighted by Crippen LogP contribution is 2.11. The molecular weight excluding hydrogens is 274 g/mol. The minimum absolute atomic E-state index is 0.130. The van der Waals surface area contributed by atoms with Crippen LogP contribution in [0.25, 0.3) is 0 Å². The molecule has 0 radical (unpaired) electrons. The lowest BCUT2D eigenvalue weighted by Gasteiger charge is -2.13. The molecular formula is C13H19N5O3. The van der Waals surface area contributed by atoms with E-state index >= 15 is 0 Å². The lowest BCUT2D eigenvalue weighted by Crippen LogP contribution is -2.34. The van der Waals surface area contributed by atoms with Gasteiger partial charge in [0.05, 0.1) is 5.69 Å². The second-order valence-corrected chi connectivity index (χ2v) is 4.97. The number of rotatable bonds is 5. The topological polar surface area (TPSA) is 96.3 Å². The van der Waals surface area contributed by atoms with Crippen LogP contribution in [0, 0.1) is 6.92 Å². The number of anilines is 1. The lowest BCUT2D eigenvalue weighted by molar-refractivity contribution is -0.138. The summed E-state index contributed by atoms with van der Waals surface area (Å²) in [5, 5.41) is 9.48. The SMILES string of the molecule is Cc1cc(NC(=O)NCCCN2C(=O)CCC2=O)n(C)n1. The zero-order valence-corrected chi connectivity index (χ0v) is 12.2. The van der Waals surface area contributed by atoms with Crippen molar-refractivity contribution in [2.75, 3.05) is 18.4 Å². The van der Waals surface area contributed by atoms with Gasteiger partial charge in [-0.05, 0) is 13.3 Å². The third kappa shape index (κ3) is 3.80. The average molecular weight is 293 g/mol. The van der Waals surface area contributed by atoms with Gasteiger partial charge in [0, 0.05) is 39.0 Å². The molecule has 8 heteroatoms. The van der Waals surface area contributed by atoms with E-state index in [1.165, 1.54) is 4.90 Å². The highest BCUT2D eigenvalue weighted by atomic mass is 16.2. The Kier molecular flexibility index (Phi) is 4.56. The van der Waals surface area contributed by atoms with E-state index in [1.807, 2.05) is 6.92 Å². The van der Waals surface area contributed by atoms with Gasteiger partial charge in [-0.1, -0.05) is 0 Å². The predicted octanol–water partition coefficient (Wildman–Crippen LogP) is 0.389. The molecule has 0 atom stereocenters. The smallest absolute Gasteiger partial charge is 0.320 e. The van der Waals surface area contributed by atoms with Crippen molar-refractivity contribution in [3.05, 3.63) is 11.8 Å². The fourth-order valence-electron chi connectivity index (χ4n) is 2.20. The minimum atomic E-state index is -0.336. The standard InChI is InChI=1S/C13H19N5O3/c1-9-8-10(17(2)16-9)15-13(21)14-6-3-7-18-11(19)4-5-12(18)20/h8H,3-7H2,1-2H3,(H2,14,15,21). The molecule has 2 rings (SSSR count). The number of likely N-dealkylation sites (tertiary alicyclic amines) is 1. The van der Waals surface area contributed by atoms with E-state index in [-0.39, 0.29) is 17.8 Å². The molecule has 114 valence electrons. The van der Waals surface area contributed by atoms with Gasteiger partial charge in [0.15, 0.2) is 0 Å². The van der Waals surface area contributed by atoms with Crippen molar-refractivity contribution in [2.45, 2.75) is 26.2 Å². The second-order valence-electron chi connectivity index (χ2n) is 4.97. The maximum Gasteiger partial charge on any atom is 0.320 e. The molecule has 2 heterocycles. The fourth-order valence-corrected chi connectivity index (χ4v) is 2.20. The molecule has 0 bridgehead atoms. The highest BCUT2D eigenvalue weighted by Gasteiger charge is 2.27. The number of carbonyl (C=O) groups is 3. The predicted molar refractivity (Wildman–Crippen MR) is 75.5 cm³/mol. The lowest BCUT2D eigenvalue weighted by atomic mass is 10.4. The number of hydrogen-bond donors (Lipinski definition) is 2. The molecule has 8 nitrogen and oxygen atoms in total. The van der Waals surface area contributed by atoms with Crippen LogP contribution in [0.5, 0.6) is 0 Å². The number of aromatic nitrogens is 2. The first-order chi connectivity index (χ1) is 9.97. The molecule has 1 aliphatic rings. The molecule has 1 fully saturated rings. The molecule has 1 saturated heterocycles. The molecule has 0 aromatic carbocycles. The Balaban J connectivity index is 1.69. The van der Waals surface area contributed by atoms with Crippen molar-refractivity contribution in [3.8, 4) is 0 Å².